The minimum atomic E-state index is -4.37. The number of alkyl halides is 3. The molecule has 1 atom stereocenters. The lowest BCUT2D eigenvalue weighted by Gasteiger charge is -2.26. The van der Waals surface area contributed by atoms with E-state index in [1.807, 2.05) is 43.6 Å². The van der Waals surface area contributed by atoms with Crippen LogP contribution in [0.4, 0.5) is 13.2 Å². The third kappa shape index (κ3) is 6.63. The molecule has 0 aliphatic heterocycles. The summed E-state index contributed by atoms with van der Waals surface area (Å²) in [5, 5.41) is 7.62. The number of rotatable bonds is 3. The van der Waals surface area contributed by atoms with Crippen LogP contribution in [-0.2, 0) is 19.0 Å². The van der Waals surface area contributed by atoms with Gasteiger partial charge in [0.05, 0.1) is 5.56 Å². The molecule has 0 bridgehead atoms. The van der Waals surface area contributed by atoms with Crippen LogP contribution in [-0.4, -0.2) is 15.0 Å². The maximum atomic E-state index is 13.1. The predicted octanol–water partition coefficient (Wildman–Crippen LogP) is 10.8. The normalized spacial score (nSPS) is 14.7. The monoisotopic (exact) mass is 623 g/mol. The van der Waals surface area contributed by atoms with E-state index in [-0.39, 0.29) is 5.92 Å². The van der Waals surface area contributed by atoms with E-state index in [2.05, 4.69) is 70.6 Å². The highest BCUT2D eigenvalue weighted by atomic mass is 19.4. The summed E-state index contributed by atoms with van der Waals surface area (Å²) >= 11 is 0. The van der Waals surface area contributed by atoms with Crippen LogP contribution in [0.3, 0.4) is 0 Å². The van der Waals surface area contributed by atoms with Crippen molar-refractivity contribution >= 4 is 44.5 Å². The second kappa shape index (κ2) is 12.8. The number of aryl methyl sites for hydroxylation is 2. The molecule has 2 heterocycles. The van der Waals surface area contributed by atoms with E-state index >= 15 is 0 Å². The van der Waals surface area contributed by atoms with Crippen molar-refractivity contribution in [1.29, 1.82) is 0 Å². The molecule has 232 valence electrons. The maximum absolute atomic E-state index is 13.1. The molecule has 0 saturated carbocycles. The van der Waals surface area contributed by atoms with Gasteiger partial charge in [-0.3, -0.25) is 4.98 Å². The highest BCUT2D eigenvalue weighted by molar-refractivity contribution is 6.08. The van der Waals surface area contributed by atoms with Gasteiger partial charge >= 0.3 is 6.18 Å². The van der Waals surface area contributed by atoms with E-state index in [0.717, 1.165) is 42.8 Å². The molecule has 7 aromatic rings. The van der Waals surface area contributed by atoms with E-state index in [1.165, 1.54) is 49.5 Å². The van der Waals surface area contributed by atoms with Gasteiger partial charge in [-0.2, -0.15) is 13.2 Å². The Kier molecular flexibility index (Phi) is 8.25. The Morgan fingerprint density at radius 3 is 2.32 bits per heavy atom. The zero-order valence-electron chi connectivity index (χ0n) is 25.9. The lowest BCUT2D eigenvalue weighted by Crippen LogP contribution is -2.15. The molecule has 2 aromatic heterocycles. The molecule has 5 aromatic carbocycles. The Hall–Kier alpha value is -5.36. The van der Waals surface area contributed by atoms with Gasteiger partial charge < -0.3 is 0 Å². The molecule has 1 aliphatic rings. The molecule has 0 fully saturated rings. The van der Waals surface area contributed by atoms with Gasteiger partial charge in [-0.1, -0.05) is 91.0 Å². The second-order valence-corrected chi connectivity index (χ2v) is 12.0. The van der Waals surface area contributed by atoms with E-state index in [9.17, 15) is 13.2 Å². The number of hydrogen-bond acceptors (Lipinski definition) is 3. The molecular weight excluding hydrogens is 591 g/mol. The first kappa shape index (κ1) is 30.3. The number of hydrogen-bond donors (Lipinski definition) is 0. The zero-order valence-corrected chi connectivity index (χ0v) is 25.9. The van der Waals surface area contributed by atoms with Crippen molar-refractivity contribution in [3.05, 3.63) is 161 Å². The van der Waals surface area contributed by atoms with Crippen molar-refractivity contribution in [2.45, 2.75) is 38.3 Å². The Morgan fingerprint density at radius 2 is 1.49 bits per heavy atom. The van der Waals surface area contributed by atoms with Gasteiger partial charge in [0.1, 0.15) is 0 Å². The fourth-order valence-electron chi connectivity index (χ4n) is 6.54. The lowest BCUT2D eigenvalue weighted by molar-refractivity contribution is -0.137. The summed E-state index contributed by atoms with van der Waals surface area (Å²) in [5.41, 5.74) is 4.42. The molecule has 0 radical (unpaired) electrons. The standard InChI is InChI=1S/C32H25F3N2.C9H7N/c1-20-17-30(37-31(36-20)16-9-21-5-4-7-25(18-21)32(33,34)35)24-12-13-27-23(19-24)11-15-28-26-8-3-2-6-22(26)10-14-29(27)28;1-2-4-9-7-10-6-5-8(9)3-1/h2-11,14-18,24H,12-13,19H2,1H3;1-7H/b16-9+;. The van der Waals surface area contributed by atoms with Crippen LogP contribution < -0.4 is 0 Å². The fourth-order valence-corrected chi connectivity index (χ4v) is 6.54. The highest BCUT2D eigenvalue weighted by Gasteiger charge is 2.30. The topological polar surface area (TPSA) is 38.7 Å². The van der Waals surface area contributed by atoms with Crippen LogP contribution >= 0.6 is 0 Å². The summed E-state index contributed by atoms with van der Waals surface area (Å²) in [6, 6.07) is 35.0. The molecule has 1 aliphatic carbocycles. The zero-order chi connectivity index (χ0) is 32.4. The molecule has 0 N–H and O–H groups in total. The van der Waals surface area contributed by atoms with Crippen molar-refractivity contribution in [3.63, 3.8) is 0 Å². The summed E-state index contributed by atoms with van der Waals surface area (Å²) in [5.74, 6) is 0.788. The number of aromatic nitrogens is 3. The van der Waals surface area contributed by atoms with Crippen molar-refractivity contribution in [3.8, 4) is 0 Å². The van der Waals surface area contributed by atoms with Crippen molar-refractivity contribution in [2.24, 2.45) is 0 Å². The molecule has 0 spiro atoms. The van der Waals surface area contributed by atoms with Crippen LogP contribution in [0.25, 0.3) is 44.5 Å². The lowest BCUT2D eigenvalue weighted by atomic mass is 9.79. The Bertz CT molecular complexity index is 2190. The van der Waals surface area contributed by atoms with Gasteiger partial charge in [0.2, 0.25) is 0 Å². The highest BCUT2D eigenvalue weighted by Crippen LogP contribution is 2.38. The quantitative estimate of drug-likeness (QED) is 0.184. The summed E-state index contributed by atoms with van der Waals surface area (Å²) in [6.07, 6.45) is 5.53. The molecule has 3 nitrogen and oxygen atoms in total. The number of halogens is 3. The first-order chi connectivity index (χ1) is 22.8. The van der Waals surface area contributed by atoms with Crippen molar-refractivity contribution < 1.29 is 13.2 Å². The van der Waals surface area contributed by atoms with Crippen LogP contribution in [0.1, 0.15) is 51.8 Å². The minimum absolute atomic E-state index is 0.271. The largest absolute Gasteiger partial charge is 0.416 e. The Labute approximate surface area is 271 Å². The smallest absolute Gasteiger partial charge is 0.264 e. The first-order valence-electron chi connectivity index (χ1n) is 15.7. The van der Waals surface area contributed by atoms with Crippen LogP contribution in [0.15, 0.2) is 122 Å². The Balaban J connectivity index is 0.000000298. The minimum Gasteiger partial charge on any atom is -0.264 e. The number of benzene rings is 5. The summed E-state index contributed by atoms with van der Waals surface area (Å²) < 4.78 is 39.2. The van der Waals surface area contributed by atoms with Crippen LogP contribution in [0.5, 0.6) is 0 Å². The van der Waals surface area contributed by atoms with E-state index < -0.39 is 11.7 Å². The first-order valence-corrected chi connectivity index (χ1v) is 15.7. The summed E-state index contributed by atoms with van der Waals surface area (Å²) in [4.78, 5) is 13.3. The van der Waals surface area contributed by atoms with E-state index in [4.69, 9.17) is 4.98 Å². The van der Waals surface area contributed by atoms with E-state index in [0.29, 0.717) is 11.4 Å². The van der Waals surface area contributed by atoms with Crippen molar-refractivity contribution in [2.75, 3.05) is 0 Å². The van der Waals surface area contributed by atoms with Gasteiger partial charge in [-0.05, 0) is 106 Å². The number of nitrogens with zero attached hydrogens (tertiary/aromatic N) is 3. The Morgan fingerprint density at radius 1 is 0.702 bits per heavy atom. The van der Waals surface area contributed by atoms with Gasteiger partial charge in [0, 0.05) is 29.7 Å². The van der Waals surface area contributed by atoms with Gasteiger partial charge in [-0.25, -0.2) is 9.97 Å². The predicted molar refractivity (Wildman–Crippen MR) is 185 cm³/mol. The molecule has 8 rings (SSSR count). The van der Waals surface area contributed by atoms with Crippen LogP contribution in [0.2, 0.25) is 0 Å². The van der Waals surface area contributed by atoms with Crippen molar-refractivity contribution in [1.82, 2.24) is 15.0 Å². The molecule has 0 amide bonds. The maximum Gasteiger partial charge on any atom is 0.416 e. The third-order valence-electron chi connectivity index (χ3n) is 8.84. The number of pyridine rings is 1. The van der Waals surface area contributed by atoms with E-state index in [1.54, 1.807) is 18.2 Å². The SMILES string of the molecule is Cc1cc(C2CCc3c(ccc4c3ccc3ccccc34)C2)nc(/C=C/c2cccc(C(F)(F)F)c2)n1.c1ccc2cnccc2c1. The van der Waals surface area contributed by atoms with Gasteiger partial charge in [-0.15, -0.1) is 0 Å². The number of fused-ring (bicyclic) bond motifs is 6. The average molecular weight is 624 g/mol. The third-order valence-corrected chi connectivity index (χ3v) is 8.84. The fraction of sp³-hybridized carbons (Fsp3) is 0.146. The summed E-state index contributed by atoms with van der Waals surface area (Å²) in [6.45, 7) is 1.93. The second-order valence-electron chi connectivity index (χ2n) is 12.0. The molecule has 0 saturated heterocycles. The van der Waals surface area contributed by atoms with Gasteiger partial charge in [0.25, 0.3) is 0 Å². The molecule has 6 heteroatoms. The molecule has 47 heavy (non-hydrogen) atoms. The van der Waals surface area contributed by atoms with Gasteiger partial charge in [0.15, 0.2) is 5.82 Å². The average Bonchev–Trinajstić information content (AvgIpc) is 3.10. The molecule has 1 unspecified atom stereocenters. The van der Waals surface area contributed by atoms with Crippen LogP contribution in [0, 0.1) is 6.92 Å². The molecular formula is C41H32F3N3. The summed E-state index contributed by atoms with van der Waals surface area (Å²) in [7, 11) is 0.